The lowest BCUT2D eigenvalue weighted by Gasteiger charge is -2.32. The summed E-state index contributed by atoms with van der Waals surface area (Å²) in [6.07, 6.45) is 6.91. The molecule has 1 fully saturated rings. The van der Waals surface area contributed by atoms with E-state index in [4.69, 9.17) is 4.98 Å². The van der Waals surface area contributed by atoms with Crippen molar-refractivity contribution in [3.63, 3.8) is 0 Å². The summed E-state index contributed by atoms with van der Waals surface area (Å²) >= 11 is 1.60. The van der Waals surface area contributed by atoms with Crippen molar-refractivity contribution in [2.24, 2.45) is 13.0 Å². The predicted octanol–water partition coefficient (Wildman–Crippen LogP) is 2.06. The smallest absolute Gasteiger partial charge is 0.231 e. The SMILES string of the molecule is CCCN(C(=O)C1CCN(S(C)(=O)=O)CC1)c1nc2c(s1)CCc1c-2cnn1C. The lowest BCUT2D eigenvalue weighted by atomic mass is 9.96. The molecule has 1 aliphatic carbocycles. The number of aromatic nitrogens is 3. The van der Waals surface area contributed by atoms with Gasteiger partial charge in [-0.25, -0.2) is 17.7 Å². The van der Waals surface area contributed by atoms with Crippen LogP contribution in [0.25, 0.3) is 11.3 Å². The van der Waals surface area contributed by atoms with Crippen LogP contribution in [0.1, 0.15) is 36.8 Å². The third-order valence-corrected chi connectivity index (χ3v) is 8.25. The van der Waals surface area contributed by atoms with E-state index in [1.165, 1.54) is 21.1 Å². The molecule has 2 aromatic rings. The zero-order valence-corrected chi connectivity index (χ0v) is 18.7. The molecule has 158 valence electrons. The summed E-state index contributed by atoms with van der Waals surface area (Å²) in [6.45, 7) is 3.49. The van der Waals surface area contributed by atoms with Crippen molar-refractivity contribution >= 4 is 32.4 Å². The maximum Gasteiger partial charge on any atom is 0.231 e. The van der Waals surface area contributed by atoms with E-state index in [0.29, 0.717) is 32.5 Å². The fourth-order valence-corrected chi connectivity index (χ4v) is 6.18. The summed E-state index contributed by atoms with van der Waals surface area (Å²) in [6, 6.07) is 0. The number of piperidine rings is 1. The number of amides is 1. The predicted molar refractivity (Wildman–Crippen MR) is 114 cm³/mol. The van der Waals surface area contributed by atoms with Gasteiger partial charge in [-0.15, -0.1) is 11.3 Å². The van der Waals surface area contributed by atoms with Gasteiger partial charge in [0.1, 0.15) is 0 Å². The van der Waals surface area contributed by atoms with E-state index in [1.54, 1.807) is 11.3 Å². The highest BCUT2D eigenvalue weighted by molar-refractivity contribution is 7.88. The van der Waals surface area contributed by atoms with Gasteiger partial charge in [-0.2, -0.15) is 5.10 Å². The molecule has 4 rings (SSSR count). The molecule has 2 aromatic heterocycles. The van der Waals surface area contributed by atoms with Crippen molar-refractivity contribution in [1.29, 1.82) is 0 Å². The standard InChI is InChI=1S/C19H27N5O3S2/c1-4-9-24(18(25)13-7-10-23(11-8-13)29(3,26)27)19-21-17-14-12-20-22(2)15(14)5-6-16(17)28-19/h12-13H,4-11H2,1-3H3. The monoisotopic (exact) mass is 437 g/mol. The van der Waals surface area contributed by atoms with Crippen LogP contribution in [0.2, 0.25) is 0 Å². The Hall–Kier alpha value is -1.78. The Morgan fingerprint density at radius 3 is 2.69 bits per heavy atom. The summed E-state index contributed by atoms with van der Waals surface area (Å²) in [7, 11) is -1.24. The molecule has 0 aromatic carbocycles. The zero-order chi connectivity index (χ0) is 20.8. The van der Waals surface area contributed by atoms with Crippen LogP contribution in [-0.4, -0.2) is 59.3 Å². The molecule has 1 amide bonds. The fraction of sp³-hybridized carbons (Fsp3) is 0.632. The second kappa shape index (κ2) is 7.81. The number of fused-ring (bicyclic) bond motifs is 3. The zero-order valence-electron chi connectivity index (χ0n) is 17.1. The van der Waals surface area contributed by atoms with Crippen LogP contribution < -0.4 is 4.90 Å². The van der Waals surface area contributed by atoms with Gasteiger partial charge in [0.15, 0.2) is 5.13 Å². The summed E-state index contributed by atoms with van der Waals surface area (Å²) in [5.74, 6) is -0.0908. The van der Waals surface area contributed by atoms with E-state index in [0.717, 1.165) is 35.7 Å². The first-order chi connectivity index (χ1) is 13.8. The average Bonchev–Trinajstić information content (AvgIpc) is 3.28. The second-order valence-corrected chi connectivity index (χ2v) is 10.9. The number of hydrogen-bond acceptors (Lipinski definition) is 6. The van der Waals surface area contributed by atoms with Crippen LogP contribution in [-0.2, 0) is 34.7 Å². The summed E-state index contributed by atoms with van der Waals surface area (Å²) in [5, 5.41) is 5.12. The van der Waals surface area contributed by atoms with Gasteiger partial charge < -0.3 is 0 Å². The average molecular weight is 438 g/mol. The number of sulfonamides is 1. The van der Waals surface area contributed by atoms with E-state index < -0.39 is 10.0 Å². The van der Waals surface area contributed by atoms with E-state index in [-0.39, 0.29) is 11.8 Å². The molecule has 0 saturated carbocycles. The van der Waals surface area contributed by atoms with Gasteiger partial charge >= 0.3 is 0 Å². The van der Waals surface area contributed by atoms with Gasteiger partial charge in [0.2, 0.25) is 15.9 Å². The summed E-state index contributed by atoms with van der Waals surface area (Å²) in [4.78, 5) is 21.2. The highest BCUT2D eigenvalue weighted by Gasteiger charge is 2.34. The van der Waals surface area contributed by atoms with Gasteiger partial charge in [0.05, 0.1) is 18.1 Å². The molecule has 8 nitrogen and oxygen atoms in total. The van der Waals surface area contributed by atoms with Crippen molar-refractivity contribution in [3.8, 4) is 11.3 Å². The summed E-state index contributed by atoms with van der Waals surface area (Å²) < 4.78 is 26.9. The van der Waals surface area contributed by atoms with Crippen LogP contribution in [0.4, 0.5) is 5.13 Å². The Kier molecular flexibility index (Phi) is 5.52. The van der Waals surface area contributed by atoms with E-state index in [2.05, 4.69) is 12.0 Å². The number of anilines is 1. The number of hydrogen-bond donors (Lipinski definition) is 0. The Balaban J connectivity index is 1.56. The molecule has 29 heavy (non-hydrogen) atoms. The maximum absolute atomic E-state index is 13.3. The number of rotatable bonds is 5. The normalized spacial score (nSPS) is 17.8. The largest absolute Gasteiger partial charge is 0.288 e. The van der Waals surface area contributed by atoms with Crippen molar-refractivity contribution in [2.75, 3.05) is 30.8 Å². The molecule has 10 heteroatoms. The highest BCUT2D eigenvalue weighted by atomic mass is 32.2. The molecular weight excluding hydrogens is 410 g/mol. The van der Waals surface area contributed by atoms with Gasteiger partial charge in [0.25, 0.3) is 0 Å². The molecule has 3 heterocycles. The number of aryl methyl sites for hydroxylation is 2. The van der Waals surface area contributed by atoms with Gasteiger partial charge in [-0.3, -0.25) is 14.4 Å². The first-order valence-electron chi connectivity index (χ1n) is 10.1. The number of thiazole rings is 1. The molecule has 1 saturated heterocycles. The van der Waals surface area contributed by atoms with E-state index >= 15 is 0 Å². The minimum absolute atomic E-state index is 0.0671. The molecule has 0 spiro atoms. The van der Waals surface area contributed by atoms with Crippen molar-refractivity contribution in [1.82, 2.24) is 19.1 Å². The van der Waals surface area contributed by atoms with Crippen LogP contribution in [0, 0.1) is 5.92 Å². The molecule has 2 aliphatic rings. The second-order valence-electron chi connectivity index (χ2n) is 7.82. The van der Waals surface area contributed by atoms with Crippen LogP contribution in [0.5, 0.6) is 0 Å². The Morgan fingerprint density at radius 1 is 1.31 bits per heavy atom. The maximum atomic E-state index is 13.3. The quantitative estimate of drug-likeness (QED) is 0.714. The number of carbonyl (C=O) groups excluding carboxylic acids is 1. The topological polar surface area (TPSA) is 88.4 Å². The first-order valence-corrected chi connectivity index (χ1v) is 12.7. The summed E-state index contributed by atoms with van der Waals surface area (Å²) in [5.41, 5.74) is 3.22. The molecule has 0 bridgehead atoms. The van der Waals surface area contributed by atoms with Gasteiger partial charge in [-0.05, 0) is 32.1 Å². The molecule has 0 unspecified atom stereocenters. The van der Waals surface area contributed by atoms with E-state index in [9.17, 15) is 13.2 Å². The lowest BCUT2D eigenvalue weighted by molar-refractivity contribution is -0.123. The highest BCUT2D eigenvalue weighted by Crippen LogP contribution is 2.39. The van der Waals surface area contributed by atoms with E-state index in [1.807, 2.05) is 22.8 Å². The minimum Gasteiger partial charge on any atom is -0.288 e. The Morgan fingerprint density at radius 2 is 2.03 bits per heavy atom. The first kappa shape index (κ1) is 20.5. The molecule has 0 atom stereocenters. The molecular formula is C19H27N5O3S2. The molecule has 1 aliphatic heterocycles. The van der Waals surface area contributed by atoms with Gasteiger partial charge in [0, 0.05) is 48.7 Å². The molecule has 0 radical (unpaired) electrons. The third-order valence-electron chi connectivity index (χ3n) is 5.81. The number of nitrogens with zero attached hydrogens (tertiary/aromatic N) is 5. The van der Waals surface area contributed by atoms with Crippen molar-refractivity contribution in [3.05, 3.63) is 16.8 Å². The van der Waals surface area contributed by atoms with Crippen LogP contribution in [0.15, 0.2) is 6.20 Å². The number of carbonyl (C=O) groups is 1. The minimum atomic E-state index is -3.20. The lowest BCUT2D eigenvalue weighted by Crippen LogP contribution is -2.44. The fourth-order valence-electron chi connectivity index (χ4n) is 4.20. The third kappa shape index (κ3) is 3.85. The van der Waals surface area contributed by atoms with Crippen molar-refractivity contribution in [2.45, 2.75) is 39.0 Å². The molecule has 0 N–H and O–H groups in total. The van der Waals surface area contributed by atoms with Crippen LogP contribution in [0.3, 0.4) is 0 Å². The van der Waals surface area contributed by atoms with Crippen molar-refractivity contribution < 1.29 is 13.2 Å². The van der Waals surface area contributed by atoms with Crippen LogP contribution >= 0.6 is 11.3 Å². The Bertz CT molecular complexity index is 1020. The van der Waals surface area contributed by atoms with Gasteiger partial charge in [-0.1, -0.05) is 6.92 Å². The Labute approximate surface area is 175 Å².